The maximum Gasteiger partial charge on any atom is 0.397 e. The van der Waals surface area contributed by atoms with Crippen LogP contribution in [0.4, 0.5) is 0 Å². The van der Waals surface area contributed by atoms with E-state index in [0.717, 1.165) is 12.8 Å². The Hall–Kier alpha value is -0.740. The van der Waals surface area contributed by atoms with Crippen LogP contribution in [0.5, 0.6) is 0 Å². The van der Waals surface area contributed by atoms with Crippen LogP contribution in [-0.2, 0) is 19.4 Å². The third-order valence-corrected chi connectivity index (χ3v) is 3.55. The second-order valence-corrected chi connectivity index (χ2v) is 6.61. The van der Waals surface area contributed by atoms with Crippen molar-refractivity contribution in [2.75, 3.05) is 13.2 Å². The predicted octanol–water partition coefficient (Wildman–Crippen LogP) is 2.15. The molecule has 0 saturated carbocycles. The minimum atomic E-state index is -4.50. The Labute approximate surface area is 144 Å². The second kappa shape index (κ2) is 17.1. The van der Waals surface area contributed by atoms with Gasteiger partial charge in [0, 0.05) is 6.42 Å². The van der Waals surface area contributed by atoms with E-state index in [0.29, 0.717) is 6.42 Å². The number of carbonyl (C=O) groups is 1. The van der Waals surface area contributed by atoms with Gasteiger partial charge in [-0.2, -0.15) is 8.42 Å². The number of aliphatic carboxylic acids is 1. The van der Waals surface area contributed by atoms with E-state index in [1.165, 1.54) is 44.9 Å². The fraction of sp³-hybridized carbons (Fsp3) is 0.933. The Bertz CT molecular complexity index is 383. The molecule has 0 rings (SSSR count). The average Bonchev–Trinajstić information content (AvgIpc) is 2.50. The minimum Gasteiger partial charge on any atom is -0.481 e. The molecule has 0 saturated heterocycles. The highest BCUT2D eigenvalue weighted by atomic mass is 32.3. The van der Waals surface area contributed by atoms with Crippen molar-refractivity contribution in [3.8, 4) is 0 Å². The Morgan fingerprint density at radius 3 is 1.83 bits per heavy atom. The molecule has 0 aromatic carbocycles. The molecule has 0 amide bonds. The van der Waals surface area contributed by atoms with Crippen LogP contribution in [0, 0.1) is 0 Å². The lowest BCUT2D eigenvalue weighted by molar-refractivity contribution is -0.137. The van der Waals surface area contributed by atoms with E-state index in [9.17, 15) is 13.2 Å². The van der Waals surface area contributed by atoms with Gasteiger partial charge in [0.05, 0.1) is 13.2 Å². The summed E-state index contributed by atoms with van der Waals surface area (Å²) in [6, 6.07) is 0. The molecule has 146 valence electrons. The first-order valence-corrected chi connectivity index (χ1v) is 9.72. The van der Waals surface area contributed by atoms with Gasteiger partial charge in [-0.15, -0.1) is 0 Å². The number of carboxylic acids is 1. The van der Waals surface area contributed by atoms with Gasteiger partial charge < -0.3 is 15.3 Å². The number of aliphatic hydroxyl groups is 2. The first kappa shape index (κ1) is 25.5. The molecule has 0 bridgehead atoms. The molecule has 8 nitrogen and oxygen atoms in total. The maximum atomic E-state index is 10.2. The topological polar surface area (TPSA) is 141 Å². The fourth-order valence-corrected chi connectivity index (χ4v) is 2.13. The smallest absolute Gasteiger partial charge is 0.397 e. The minimum absolute atomic E-state index is 0.343. The maximum absolute atomic E-state index is 10.2. The lowest BCUT2D eigenvalue weighted by Crippen LogP contribution is -2.21. The molecule has 0 radical (unpaired) electrons. The van der Waals surface area contributed by atoms with Crippen LogP contribution in [0.1, 0.15) is 71.1 Å². The van der Waals surface area contributed by atoms with Gasteiger partial charge in [-0.1, -0.05) is 58.3 Å². The summed E-state index contributed by atoms with van der Waals surface area (Å²) in [4.78, 5) is 10.2. The SMILES string of the molecule is CCCCCCCCCCCC(=O)O.O=S(=O)(O)OCC(O)CO. The van der Waals surface area contributed by atoms with Crippen molar-refractivity contribution >= 4 is 16.4 Å². The van der Waals surface area contributed by atoms with Crippen molar-refractivity contribution in [1.82, 2.24) is 0 Å². The number of unbranched alkanes of at least 4 members (excludes halogenated alkanes) is 8. The second-order valence-electron chi connectivity index (χ2n) is 5.52. The first-order chi connectivity index (χ1) is 11.2. The van der Waals surface area contributed by atoms with E-state index in [-0.39, 0.29) is 0 Å². The molecular weight excluding hydrogens is 340 g/mol. The van der Waals surface area contributed by atoms with Gasteiger partial charge in [0.15, 0.2) is 0 Å². The highest BCUT2D eigenvalue weighted by Gasteiger charge is 2.08. The number of hydrogen-bond acceptors (Lipinski definition) is 6. The van der Waals surface area contributed by atoms with Gasteiger partial charge >= 0.3 is 16.4 Å². The summed E-state index contributed by atoms with van der Waals surface area (Å²) < 4.78 is 31.2. The fourth-order valence-electron chi connectivity index (χ4n) is 1.80. The zero-order valence-corrected chi connectivity index (χ0v) is 15.2. The summed E-state index contributed by atoms with van der Waals surface area (Å²) in [6.07, 6.45) is 10.2. The van der Waals surface area contributed by atoms with Gasteiger partial charge in [-0.05, 0) is 6.42 Å². The molecular formula is C15H32O8S. The normalized spacial score (nSPS) is 12.3. The van der Waals surface area contributed by atoms with E-state index < -0.39 is 35.7 Å². The van der Waals surface area contributed by atoms with Crippen LogP contribution < -0.4 is 0 Å². The van der Waals surface area contributed by atoms with Crippen LogP contribution >= 0.6 is 0 Å². The van der Waals surface area contributed by atoms with Crippen molar-refractivity contribution in [3.05, 3.63) is 0 Å². The molecule has 0 aliphatic heterocycles. The quantitative estimate of drug-likeness (QED) is 0.268. The van der Waals surface area contributed by atoms with E-state index in [2.05, 4.69) is 11.1 Å². The molecule has 9 heteroatoms. The molecule has 0 aromatic rings. The van der Waals surface area contributed by atoms with Crippen LogP contribution in [0.25, 0.3) is 0 Å². The highest BCUT2D eigenvalue weighted by molar-refractivity contribution is 7.80. The first-order valence-electron chi connectivity index (χ1n) is 8.35. The van der Waals surface area contributed by atoms with E-state index in [1.807, 2.05) is 0 Å². The Morgan fingerprint density at radius 1 is 1.00 bits per heavy atom. The Kier molecular flexibility index (Phi) is 18.2. The largest absolute Gasteiger partial charge is 0.481 e. The molecule has 1 unspecified atom stereocenters. The molecule has 0 aromatic heterocycles. The van der Waals surface area contributed by atoms with Crippen molar-refractivity contribution < 1.29 is 37.3 Å². The highest BCUT2D eigenvalue weighted by Crippen LogP contribution is 2.10. The summed E-state index contributed by atoms with van der Waals surface area (Å²) in [5.74, 6) is -0.659. The molecule has 0 heterocycles. The van der Waals surface area contributed by atoms with Gasteiger partial charge in [-0.3, -0.25) is 9.35 Å². The van der Waals surface area contributed by atoms with E-state index in [4.69, 9.17) is 19.9 Å². The predicted molar refractivity (Wildman–Crippen MR) is 90.1 cm³/mol. The molecule has 24 heavy (non-hydrogen) atoms. The summed E-state index contributed by atoms with van der Waals surface area (Å²) in [6.45, 7) is 0.969. The van der Waals surface area contributed by atoms with Gasteiger partial charge in [-0.25, -0.2) is 4.18 Å². The standard InChI is InChI=1S/C12H24O2.C3H8O6S/c1-2-3-4-5-6-7-8-9-10-11-12(13)14;4-1-3(5)2-9-10(6,7)8/h2-11H2,1H3,(H,13,14);3-5H,1-2H2,(H,6,7,8). The van der Waals surface area contributed by atoms with Crippen LogP contribution in [0.2, 0.25) is 0 Å². The number of carboxylic acid groups (broad SMARTS) is 1. The lowest BCUT2D eigenvalue weighted by atomic mass is 10.1. The van der Waals surface area contributed by atoms with Crippen molar-refractivity contribution in [1.29, 1.82) is 0 Å². The lowest BCUT2D eigenvalue weighted by Gasteiger charge is -2.03. The molecule has 0 aliphatic carbocycles. The van der Waals surface area contributed by atoms with Gasteiger partial charge in [0.2, 0.25) is 0 Å². The van der Waals surface area contributed by atoms with Gasteiger partial charge in [0.1, 0.15) is 6.10 Å². The Balaban J connectivity index is 0. The van der Waals surface area contributed by atoms with Crippen LogP contribution in [0.15, 0.2) is 0 Å². The summed E-state index contributed by atoms with van der Waals surface area (Å²) in [5.41, 5.74) is 0. The summed E-state index contributed by atoms with van der Waals surface area (Å²) in [5, 5.41) is 25.0. The van der Waals surface area contributed by atoms with Crippen molar-refractivity contribution in [3.63, 3.8) is 0 Å². The molecule has 0 aliphatic rings. The molecule has 0 fully saturated rings. The van der Waals surface area contributed by atoms with Gasteiger partial charge in [0.25, 0.3) is 0 Å². The number of aliphatic hydroxyl groups excluding tert-OH is 2. The molecule has 4 N–H and O–H groups in total. The van der Waals surface area contributed by atoms with Crippen LogP contribution in [-0.4, -0.2) is 53.6 Å². The van der Waals surface area contributed by atoms with Crippen LogP contribution in [0.3, 0.4) is 0 Å². The third-order valence-electron chi connectivity index (χ3n) is 3.11. The average molecular weight is 372 g/mol. The number of rotatable bonds is 14. The summed E-state index contributed by atoms with van der Waals surface area (Å²) in [7, 11) is -4.50. The van der Waals surface area contributed by atoms with E-state index in [1.54, 1.807) is 0 Å². The van der Waals surface area contributed by atoms with Crippen molar-refractivity contribution in [2.24, 2.45) is 0 Å². The summed E-state index contributed by atoms with van der Waals surface area (Å²) >= 11 is 0. The van der Waals surface area contributed by atoms with E-state index >= 15 is 0 Å². The van der Waals surface area contributed by atoms with Crippen molar-refractivity contribution in [2.45, 2.75) is 77.2 Å². The number of hydrogen-bond donors (Lipinski definition) is 4. The molecule has 0 spiro atoms. The zero-order chi connectivity index (χ0) is 18.8. The third kappa shape index (κ3) is 26.2. The Morgan fingerprint density at radius 2 is 1.46 bits per heavy atom. The monoisotopic (exact) mass is 372 g/mol. The zero-order valence-electron chi connectivity index (χ0n) is 14.4. The molecule has 1 atom stereocenters.